The molecule has 4 rings (SSSR count). The number of benzene rings is 3. The third-order valence-corrected chi connectivity index (χ3v) is 7.97. The lowest BCUT2D eigenvalue weighted by molar-refractivity contribution is -0.384. The van der Waals surface area contributed by atoms with Crippen LogP contribution in [0.25, 0.3) is 5.69 Å². The molecule has 0 bridgehead atoms. The zero-order valence-corrected chi connectivity index (χ0v) is 22.7. The summed E-state index contributed by atoms with van der Waals surface area (Å²) in [6.07, 6.45) is 0. The van der Waals surface area contributed by atoms with E-state index in [1.165, 1.54) is 58.8 Å². The first kappa shape index (κ1) is 28.0. The summed E-state index contributed by atoms with van der Waals surface area (Å²) in [6.45, 7) is 2.38. The van der Waals surface area contributed by atoms with Crippen LogP contribution < -0.4 is 15.3 Å². The zero-order valence-electron chi connectivity index (χ0n) is 21.9. The molecule has 0 aliphatic carbocycles. The summed E-state index contributed by atoms with van der Waals surface area (Å²) in [5, 5.41) is 15.1. The standard InChI is InChI=1S/C27H26N6O6S/c1-19(21-11-10-14-23(17-21)33(36)37)28-29-25(34)18-31(40(38,39)24-15-8-5-9-16-24)26-20(2)30(3)32(27(26)35)22-12-6-4-7-13-22/h4-17H,18H2,1-3H3,(H,29,34)/b28-19-. The lowest BCUT2D eigenvalue weighted by atomic mass is 10.1. The minimum absolute atomic E-state index is 0.104. The van der Waals surface area contributed by atoms with E-state index in [1.807, 2.05) is 0 Å². The second-order valence-corrected chi connectivity index (χ2v) is 10.6. The Bertz CT molecular complexity index is 1760. The number of carbonyl (C=O) groups is 1. The van der Waals surface area contributed by atoms with Crippen molar-refractivity contribution in [3.63, 3.8) is 0 Å². The highest BCUT2D eigenvalue weighted by Crippen LogP contribution is 2.25. The lowest BCUT2D eigenvalue weighted by Crippen LogP contribution is -2.42. The summed E-state index contributed by atoms with van der Waals surface area (Å²) >= 11 is 0. The maximum atomic E-state index is 13.8. The lowest BCUT2D eigenvalue weighted by Gasteiger charge is -2.22. The molecule has 1 aromatic heterocycles. The Hall–Kier alpha value is -5.04. The van der Waals surface area contributed by atoms with Gasteiger partial charge in [-0.1, -0.05) is 48.5 Å². The highest BCUT2D eigenvalue weighted by Gasteiger charge is 2.33. The molecule has 4 aromatic rings. The van der Waals surface area contributed by atoms with Crippen molar-refractivity contribution in [2.45, 2.75) is 18.7 Å². The number of aromatic nitrogens is 2. The van der Waals surface area contributed by atoms with Gasteiger partial charge in [0.05, 0.1) is 26.9 Å². The average molecular weight is 563 g/mol. The summed E-state index contributed by atoms with van der Waals surface area (Å²) in [6, 6.07) is 21.9. The minimum Gasteiger partial charge on any atom is -0.283 e. The second kappa shape index (κ2) is 11.4. The van der Waals surface area contributed by atoms with Gasteiger partial charge in [-0.25, -0.2) is 22.8 Å². The smallest absolute Gasteiger partial charge is 0.283 e. The molecule has 3 aromatic carbocycles. The molecule has 13 heteroatoms. The number of nitrogens with zero attached hydrogens (tertiary/aromatic N) is 5. The van der Waals surface area contributed by atoms with Crippen molar-refractivity contribution in [2.24, 2.45) is 12.1 Å². The first-order chi connectivity index (χ1) is 19.0. The number of hydrazone groups is 1. The van der Waals surface area contributed by atoms with Crippen molar-refractivity contribution in [1.82, 2.24) is 14.8 Å². The molecule has 1 N–H and O–H groups in total. The number of hydrogen-bond acceptors (Lipinski definition) is 7. The van der Waals surface area contributed by atoms with Crippen LogP contribution in [0.3, 0.4) is 0 Å². The Morgan fingerprint density at radius 1 is 1.02 bits per heavy atom. The molecule has 12 nitrogen and oxygen atoms in total. The molecule has 0 unspecified atom stereocenters. The monoisotopic (exact) mass is 562 g/mol. The summed E-state index contributed by atoms with van der Waals surface area (Å²) in [7, 11) is -2.74. The van der Waals surface area contributed by atoms with E-state index in [1.54, 1.807) is 56.4 Å². The van der Waals surface area contributed by atoms with E-state index in [-0.39, 0.29) is 22.0 Å². The van der Waals surface area contributed by atoms with Gasteiger partial charge in [-0.15, -0.1) is 0 Å². The van der Waals surface area contributed by atoms with Gasteiger partial charge in [0.15, 0.2) is 0 Å². The van der Waals surface area contributed by atoms with Gasteiger partial charge in [-0.3, -0.25) is 24.4 Å². The van der Waals surface area contributed by atoms with Gasteiger partial charge in [0, 0.05) is 24.7 Å². The van der Waals surface area contributed by atoms with Crippen LogP contribution in [0, 0.1) is 17.0 Å². The fourth-order valence-corrected chi connectivity index (χ4v) is 5.56. The number of nitrogens with one attached hydrogen (secondary N) is 1. The Balaban J connectivity index is 1.74. The number of nitro benzene ring substituents is 1. The van der Waals surface area contributed by atoms with Gasteiger partial charge in [0.2, 0.25) is 0 Å². The van der Waals surface area contributed by atoms with Crippen LogP contribution in [-0.2, 0) is 21.9 Å². The van der Waals surface area contributed by atoms with Crippen LogP contribution in [0.5, 0.6) is 0 Å². The normalized spacial score (nSPS) is 11.7. The highest BCUT2D eigenvalue weighted by atomic mass is 32.2. The largest absolute Gasteiger partial charge is 0.296 e. The van der Waals surface area contributed by atoms with Crippen molar-refractivity contribution in [3.05, 3.63) is 117 Å². The zero-order chi connectivity index (χ0) is 29.0. The Labute approximate surface area is 230 Å². The molecule has 0 fully saturated rings. The molecule has 0 aliphatic rings. The predicted molar refractivity (Wildman–Crippen MR) is 150 cm³/mol. The van der Waals surface area contributed by atoms with E-state index in [9.17, 15) is 28.1 Å². The number of amides is 1. The summed E-state index contributed by atoms with van der Waals surface area (Å²) in [5.41, 5.74) is 2.83. The summed E-state index contributed by atoms with van der Waals surface area (Å²) in [4.78, 5) is 37.2. The second-order valence-electron chi connectivity index (χ2n) is 8.77. The fourth-order valence-electron chi connectivity index (χ4n) is 4.07. The predicted octanol–water partition coefficient (Wildman–Crippen LogP) is 3.13. The SMILES string of the molecule is C/C(=N/NC(=O)CN(c1c(C)n(C)n(-c2ccccc2)c1=O)S(=O)(=O)c1ccccc1)c1cccc([N+](=O)[O-])c1. The number of non-ortho nitro benzene ring substituents is 1. The third-order valence-electron chi connectivity index (χ3n) is 6.21. The number of rotatable bonds is 9. The molecule has 0 saturated carbocycles. The number of carbonyl (C=O) groups excluding carboxylic acids is 1. The molecule has 0 radical (unpaired) electrons. The maximum absolute atomic E-state index is 13.8. The van der Waals surface area contributed by atoms with Crippen LogP contribution in [0.2, 0.25) is 0 Å². The number of anilines is 1. The van der Waals surface area contributed by atoms with Gasteiger partial charge >= 0.3 is 0 Å². The Morgan fingerprint density at radius 2 is 1.65 bits per heavy atom. The number of hydrogen-bond donors (Lipinski definition) is 1. The van der Waals surface area contributed by atoms with E-state index >= 15 is 0 Å². The van der Waals surface area contributed by atoms with E-state index in [2.05, 4.69) is 10.5 Å². The van der Waals surface area contributed by atoms with Crippen molar-refractivity contribution >= 4 is 33.0 Å². The quantitative estimate of drug-likeness (QED) is 0.188. The van der Waals surface area contributed by atoms with Crippen LogP contribution in [0.1, 0.15) is 18.2 Å². The molecule has 0 saturated heterocycles. The van der Waals surface area contributed by atoms with E-state index in [0.29, 0.717) is 16.9 Å². The topological polar surface area (TPSA) is 149 Å². The van der Waals surface area contributed by atoms with Crippen molar-refractivity contribution in [1.29, 1.82) is 0 Å². The molecular weight excluding hydrogens is 536 g/mol. The fraction of sp³-hybridized carbons (Fsp3) is 0.148. The van der Waals surface area contributed by atoms with Crippen molar-refractivity contribution < 1.29 is 18.1 Å². The van der Waals surface area contributed by atoms with Gasteiger partial charge < -0.3 is 0 Å². The summed E-state index contributed by atoms with van der Waals surface area (Å²) < 4.78 is 31.2. The number of nitro groups is 1. The van der Waals surface area contributed by atoms with Crippen LogP contribution in [-0.4, -0.2) is 40.9 Å². The van der Waals surface area contributed by atoms with Gasteiger partial charge in [0.1, 0.15) is 12.2 Å². The van der Waals surface area contributed by atoms with Crippen LogP contribution >= 0.6 is 0 Å². The van der Waals surface area contributed by atoms with E-state index < -0.39 is 33.0 Å². The summed E-state index contributed by atoms with van der Waals surface area (Å²) in [5.74, 6) is -0.821. The van der Waals surface area contributed by atoms with Gasteiger partial charge in [-0.05, 0) is 38.1 Å². The first-order valence-electron chi connectivity index (χ1n) is 12.0. The third kappa shape index (κ3) is 5.54. The molecule has 0 spiro atoms. The Morgan fingerprint density at radius 3 is 2.27 bits per heavy atom. The molecule has 206 valence electrons. The highest BCUT2D eigenvalue weighted by molar-refractivity contribution is 7.92. The van der Waals surface area contributed by atoms with E-state index in [4.69, 9.17) is 0 Å². The van der Waals surface area contributed by atoms with Crippen molar-refractivity contribution in [3.8, 4) is 5.69 Å². The minimum atomic E-state index is -4.36. The van der Waals surface area contributed by atoms with Gasteiger partial charge in [-0.2, -0.15) is 5.10 Å². The average Bonchev–Trinajstić information content (AvgIpc) is 3.18. The molecule has 1 amide bonds. The van der Waals surface area contributed by atoms with Gasteiger partial charge in [0.25, 0.3) is 27.2 Å². The molecule has 1 heterocycles. The molecular formula is C27H26N6O6S. The number of sulfonamides is 1. The maximum Gasteiger partial charge on any atom is 0.296 e. The number of para-hydroxylation sites is 1. The molecule has 0 aliphatic heterocycles. The van der Waals surface area contributed by atoms with E-state index in [0.717, 1.165) is 4.31 Å². The molecule has 0 atom stereocenters. The first-order valence-corrected chi connectivity index (χ1v) is 13.5. The van der Waals surface area contributed by atoms with Crippen molar-refractivity contribution in [2.75, 3.05) is 10.8 Å². The van der Waals surface area contributed by atoms with Crippen LogP contribution in [0.4, 0.5) is 11.4 Å². The molecule has 40 heavy (non-hydrogen) atoms. The van der Waals surface area contributed by atoms with Crippen LogP contribution in [0.15, 0.2) is 99.7 Å². The Kier molecular flexibility index (Phi) is 7.95.